The first-order valence-corrected chi connectivity index (χ1v) is 17.5. The molecule has 3 N–H and O–H groups in total. The molecule has 3 unspecified atom stereocenters. The van der Waals surface area contributed by atoms with E-state index in [1.165, 1.54) is 24.3 Å². The Labute approximate surface area is 282 Å². The quantitative estimate of drug-likeness (QED) is 0.167. The number of nitrogens with zero attached hydrogens (tertiary/aromatic N) is 1. The van der Waals surface area contributed by atoms with Crippen molar-refractivity contribution in [1.82, 2.24) is 9.55 Å². The number of hydrogen-bond donors (Lipinski definition) is 3. The molecule has 1 aromatic heterocycles. The van der Waals surface area contributed by atoms with Crippen molar-refractivity contribution in [1.29, 1.82) is 0 Å². The Morgan fingerprint density at radius 2 is 1.28 bits per heavy atom. The topological polar surface area (TPSA) is 249 Å². The first kappa shape index (κ1) is 36.4. The third-order valence-corrected chi connectivity index (χ3v) is 9.28. The molecule has 1 fully saturated rings. The van der Waals surface area contributed by atoms with Gasteiger partial charge in [-0.2, -0.15) is 0 Å². The molecular formula is C30H28N4O14P2-2. The second-order valence-corrected chi connectivity index (χ2v) is 13.3. The predicted molar refractivity (Wildman–Crippen MR) is 169 cm³/mol. The predicted octanol–water partition coefficient (Wildman–Crippen LogP) is 2.86. The van der Waals surface area contributed by atoms with Gasteiger partial charge in [0, 0.05) is 23.6 Å². The number of amides is 2. The van der Waals surface area contributed by atoms with Crippen molar-refractivity contribution in [3.63, 3.8) is 0 Å². The highest BCUT2D eigenvalue weighted by atomic mass is 31.3. The molecule has 0 radical (unpaired) electrons. The van der Waals surface area contributed by atoms with Crippen LogP contribution in [0, 0.1) is 0 Å². The van der Waals surface area contributed by atoms with E-state index in [1.54, 1.807) is 66.7 Å². The highest BCUT2D eigenvalue weighted by Crippen LogP contribution is 2.56. The van der Waals surface area contributed by atoms with Gasteiger partial charge in [-0.3, -0.25) is 34.1 Å². The van der Waals surface area contributed by atoms with Gasteiger partial charge in [0.25, 0.3) is 21.2 Å². The number of H-pyrrole nitrogens is 1. The standard InChI is InChI=1S/C30H30N4O14P2/c35-24-16-17-34(28(36)33-24)27-26(47-30(38)32-22-14-8-3-9-15-22)25(46-29(37)31-21-12-6-2-7-13-21)23(45-27)19-44-50(41,42)48-49(39,40)43-18-20-10-4-1-5-11-20/h1-17,23,25-27H,18-19H2,(H,31,37)(H,32,38)(H,39,40)(H,41,42)(H,33,35,36)/p-2/t23-,25?,26+,27-/m1/s1. The van der Waals surface area contributed by atoms with Crippen LogP contribution in [0.5, 0.6) is 0 Å². The van der Waals surface area contributed by atoms with Gasteiger partial charge in [-0.1, -0.05) is 66.7 Å². The Morgan fingerprint density at radius 3 is 1.84 bits per heavy atom. The summed E-state index contributed by atoms with van der Waals surface area (Å²) in [5, 5.41) is 4.90. The summed E-state index contributed by atoms with van der Waals surface area (Å²) in [6.07, 6.45) is -7.98. The second kappa shape index (κ2) is 16.2. The van der Waals surface area contributed by atoms with Gasteiger partial charge in [0.1, 0.15) is 6.10 Å². The lowest BCUT2D eigenvalue weighted by atomic mass is 10.1. The third kappa shape index (κ3) is 10.3. The fourth-order valence-corrected chi connectivity index (χ4v) is 6.60. The fourth-order valence-electron chi connectivity index (χ4n) is 4.61. The molecular weight excluding hydrogens is 702 g/mol. The molecule has 20 heteroatoms. The van der Waals surface area contributed by atoms with Gasteiger partial charge in [-0.15, -0.1) is 0 Å². The summed E-state index contributed by atoms with van der Waals surface area (Å²) >= 11 is 0. The van der Waals surface area contributed by atoms with Crippen LogP contribution in [0.2, 0.25) is 0 Å². The Balaban J connectivity index is 1.39. The fraction of sp³-hybridized carbons (Fsp3) is 0.200. The largest absolute Gasteiger partial charge is 0.756 e. The van der Waals surface area contributed by atoms with Crippen LogP contribution in [0.4, 0.5) is 21.0 Å². The van der Waals surface area contributed by atoms with Crippen molar-refractivity contribution in [3.8, 4) is 0 Å². The van der Waals surface area contributed by atoms with Crippen LogP contribution in [0.25, 0.3) is 0 Å². The van der Waals surface area contributed by atoms with Crippen LogP contribution in [0.1, 0.15) is 11.8 Å². The third-order valence-electron chi connectivity index (χ3n) is 6.77. The van der Waals surface area contributed by atoms with Crippen molar-refractivity contribution in [2.75, 3.05) is 17.2 Å². The number of ether oxygens (including phenoxy) is 3. The monoisotopic (exact) mass is 730 g/mol. The lowest BCUT2D eigenvalue weighted by Crippen LogP contribution is -2.44. The summed E-state index contributed by atoms with van der Waals surface area (Å²) in [4.78, 5) is 77.6. The van der Waals surface area contributed by atoms with Crippen LogP contribution in [0.15, 0.2) is 113 Å². The van der Waals surface area contributed by atoms with Crippen molar-refractivity contribution in [2.45, 2.75) is 31.1 Å². The number of carbonyl (C=O) groups excluding carboxylic acids is 2. The number of aromatic amines is 1. The molecule has 2 amide bonds. The van der Waals surface area contributed by atoms with E-state index in [4.69, 9.17) is 18.7 Å². The summed E-state index contributed by atoms with van der Waals surface area (Å²) in [5.74, 6) is 0. The van der Waals surface area contributed by atoms with E-state index in [-0.39, 0.29) is 5.69 Å². The number of benzene rings is 3. The number of hydrogen-bond acceptors (Lipinski definition) is 14. The molecule has 0 bridgehead atoms. The summed E-state index contributed by atoms with van der Waals surface area (Å²) in [6, 6.07) is 24.9. The molecule has 5 rings (SSSR count). The van der Waals surface area contributed by atoms with Crippen molar-refractivity contribution in [2.24, 2.45) is 0 Å². The second-order valence-electron chi connectivity index (χ2n) is 10.3. The maximum Gasteiger partial charge on any atom is 0.412 e. The number of anilines is 2. The molecule has 264 valence electrons. The average Bonchev–Trinajstić information content (AvgIpc) is 3.39. The van der Waals surface area contributed by atoms with E-state index >= 15 is 0 Å². The first-order valence-electron chi connectivity index (χ1n) is 14.6. The molecule has 3 aromatic carbocycles. The highest BCUT2D eigenvalue weighted by molar-refractivity contribution is 7.59. The van der Waals surface area contributed by atoms with E-state index in [0.717, 1.165) is 16.8 Å². The Morgan fingerprint density at radius 1 is 0.760 bits per heavy atom. The van der Waals surface area contributed by atoms with Crippen molar-refractivity contribution in [3.05, 3.63) is 130 Å². The normalized spacial score (nSPS) is 20.9. The molecule has 0 saturated carbocycles. The molecule has 50 heavy (non-hydrogen) atoms. The lowest BCUT2D eigenvalue weighted by molar-refractivity contribution is -0.246. The summed E-state index contributed by atoms with van der Waals surface area (Å²) in [7, 11) is -11.2. The molecule has 1 aliphatic rings. The maximum atomic E-state index is 13.0. The average molecular weight is 731 g/mol. The minimum absolute atomic E-state index is 0.288. The molecule has 0 spiro atoms. The van der Waals surface area contributed by atoms with Crippen LogP contribution in [-0.4, -0.2) is 46.7 Å². The zero-order valence-corrected chi connectivity index (χ0v) is 27.4. The molecule has 18 nitrogen and oxygen atoms in total. The van der Waals surface area contributed by atoms with E-state index in [0.29, 0.717) is 11.3 Å². The van der Waals surface area contributed by atoms with E-state index in [1.807, 2.05) is 4.98 Å². The lowest BCUT2D eigenvalue weighted by Gasteiger charge is -2.31. The molecule has 1 aliphatic heterocycles. The molecule has 2 heterocycles. The number of para-hydroxylation sites is 2. The van der Waals surface area contributed by atoms with Gasteiger partial charge in [0.2, 0.25) is 0 Å². The SMILES string of the molecule is O=C(Nc1ccccc1)OC1[C@@H](COP(=O)([O-])OP(=O)([O-])OCc2ccccc2)O[C@@H](n2ccc(=O)[nH]c2=O)[C@H]1OC(=O)Nc1ccccc1. The number of phosphoric acid groups is 2. The first-order chi connectivity index (χ1) is 23.9. The van der Waals surface area contributed by atoms with Gasteiger partial charge in [-0.25, -0.2) is 18.7 Å². The van der Waals surface area contributed by atoms with Crippen LogP contribution in [-0.2, 0) is 43.3 Å². The minimum Gasteiger partial charge on any atom is -0.756 e. The number of nitrogens with one attached hydrogen (secondary N) is 3. The van der Waals surface area contributed by atoms with Gasteiger partial charge < -0.3 is 33.0 Å². The molecule has 0 aliphatic carbocycles. The smallest absolute Gasteiger partial charge is 0.412 e. The minimum atomic E-state index is -5.73. The zero-order valence-electron chi connectivity index (χ0n) is 25.6. The van der Waals surface area contributed by atoms with Crippen LogP contribution in [0.3, 0.4) is 0 Å². The zero-order chi connectivity index (χ0) is 35.7. The molecule has 6 atom stereocenters. The molecule has 4 aromatic rings. The van der Waals surface area contributed by atoms with Crippen LogP contribution < -0.4 is 31.7 Å². The summed E-state index contributed by atoms with van der Waals surface area (Å²) in [6.45, 7) is -1.63. The number of carbonyl (C=O) groups is 2. The van der Waals surface area contributed by atoms with Crippen LogP contribution >= 0.6 is 15.6 Å². The number of rotatable bonds is 13. The maximum absolute atomic E-state index is 13.0. The van der Waals surface area contributed by atoms with Crippen molar-refractivity contribution >= 4 is 39.2 Å². The Bertz CT molecular complexity index is 1980. The number of phosphoric ester groups is 2. The highest BCUT2D eigenvalue weighted by Gasteiger charge is 2.51. The molecule has 1 saturated heterocycles. The number of aromatic nitrogens is 2. The summed E-state index contributed by atoms with van der Waals surface area (Å²) < 4.78 is 56.4. The van der Waals surface area contributed by atoms with Gasteiger partial charge in [-0.05, 0) is 29.8 Å². The Kier molecular flexibility index (Phi) is 11.8. The van der Waals surface area contributed by atoms with E-state index in [2.05, 4.69) is 19.5 Å². The van der Waals surface area contributed by atoms with E-state index in [9.17, 15) is 38.1 Å². The van der Waals surface area contributed by atoms with Gasteiger partial charge >= 0.3 is 17.9 Å². The van der Waals surface area contributed by atoms with Gasteiger partial charge in [0.15, 0.2) is 18.4 Å². The summed E-state index contributed by atoms with van der Waals surface area (Å²) in [5.41, 5.74) is -0.827. The van der Waals surface area contributed by atoms with E-state index < -0.39 is 76.8 Å². The van der Waals surface area contributed by atoms with Gasteiger partial charge in [0.05, 0.1) is 13.2 Å². The van der Waals surface area contributed by atoms with Crippen molar-refractivity contribution < 1.29 is 56.1 Å². The Hall–Kier alpha value is -4.90.